The van der Waals surface area contributed by atoms with Crippen molar-refractivity contribution in [1.29, 1.82) is 0 Å². The van der Waals surface area contributed by atoms with E-state index >= 15 is 0 Å². The molecular weight excluding hydrogens is 279 g/mol. The zero-order valence-corrected chi connectivity index (χ0v) is 12.8. The minimum absolute atomic E-state index is 0.237. The first-order valence-electron chi connectivity index (χ1n) is 7.79. The monoisotopic (exact) mass is 300 g/mol. The van der Waals surface area contributed by atoms with Gasteiger partial charge in [-0.05, 0) is 37.1 Å². The van der Waals surface area contributed by atoms with Crippen molar-refractivity contribution in [2.24, 2.45) is 5.73 Å². The van der Waals surface area contributed by atoms with E-state index in [1.807, 2.05) is 13.1 Å². The molecule has 3 rings (SSSR count). The van der Waals surface area contributed by atoms with E-state index in [1.54, 1.807) is 12.1 Å². The van der Waals surface area contributed by atoms with Gasteiger partial charge < -0.3 is 10.6 Å². The van der Waals surface area contributed by atoms with Gasteiger partial charge in [0.25, 0.3) is 0 Å². The zero-order valence-electron chi connectivity index (χ0n) is 12.8. The second-order valence-corrected chi connectivity index (χ2v) is 5.71. The summed E-state index contributed by atoms with van der Waals surface area (Å²) in [4.78, 5) is 11.4. The first-order chi connectivity index (χ1) is 10.7. The molecule has 0 radical (unpaired) electrons. The Bertz CT molecular complexity index is 634. The van der Waals surface area contributed by atoms with Crippen LogP contribution < -0.4 is 10.6 Å². The summed E-state index contributed by atoms with van der Waals surface area (Å²) in [5.74, 6) is 0.566. The third-order valence-electron chi connectivity index (χ3n) is 4.13. The van der Waals surface area contributed by atoms with Gasteiger partial charge in [0, 0.05) is 31.1 Å². The average molecular weight is 300 g/mol. The standard InChI is InChI=1S/C17H21FN4/c1-2-16-20-11-15(22-9-7-14(19)8-10-22)17(21-16)12-3-5-13(18)6-4-12/h3-6,11,14H,2,7-10,19H2,1H3. The van der Waals surface area contributed by atoms with Crippen LogP contribution >= 0.6 is 0 Å². The molecule has 0 bridgehead atoms. The fourth-order valence-corrected chi connectivity index (χ4v) is 2.77. The van der Waals surface area contributed by atoms with Crippen molar-refractivity contribution >= 4 is 5.69 Å². The number of nitrogens with two attached hydrogens (primary N) is 1. The molecule has 1 fully saturated rings. The van der Waals surface area contributed by atoms with E-state index in [0.29, 0.717) is 0 Å². The molecule has 22 heavy (non-hydrogen) atoms. The largest absolute Gasteiger partial charge is 0.368 e. The molecule has 1 aliphatic rings. The summed E-state index contributed by atoms with van der Waals surface area (Å²) in [6.07, 6.45) is 4.61. The van der Waals surface area contributed by atoms with Crippen molar-refractivity contribution in [3.8, 4) is 11.3 Å². The maximum absolute atomic E-state index is 13.2. The van der Waals surface area contributed by atoms with Crippen molar-refractivity contribution in [1.82, 2.24) is 9.97 Å². The normalized spacial score (nSPS) is 16.0. The van der Waals surface area contributed by atoms with E-state index < -0.39 is 0 Å². The van der Waals surface area contributed by atoms with E-state index in [0.717, 1.165) is 55.1 Å². The van der Waals surface area contributed by atoms with Gasteiger partial charge in [-0.15, -0.1) is 0 Å². The number of halogens is 1. The Labute approximate surface area is 130 Å². The molecular formula is C17H21FN4. The Morgan fingerprint density at radius 2 is 1.91 bits per heavy atom. The SMILES string of the molecule is CCc1ncc(N2CCC(N)CC2)c(-c2ccc(F)cc2)n1. The van der Waals surface area contributed by atoms with Crippen molar-refractivity contribution in [3.05, 3.63) is 42.1 Å². The highest BCUT2D eigenvalue weighted by Gasteiger charge is 2.20. The first-order valence-corrected chi connectivity index (χ1v) is 7.79. The van der Waals surface area contributed by atoms with Crippen LogP contribution in [-0.4, -0.2) is 29.1 Å². The van der Waals surface area contributed by atoms with Crippen molar-refractivity contribution in [3.63, 3.8) is 0 Å². The Hall–Kier alpha value is -2.01. The Balaban J connectivity index is 2.00. The summed E-state index contributed by atoms with van der Waals surface area (Å²) >= 11 is 0. The van der Waals surface area contributed by atoms with Gasteiger partial charge in [-0.3, -0.25) is 0 Å². The van der Waals surface area contributed by atoms with Gasteiger partial charge in [0.15, 0.2) is 0 Å². The predicted molar refractivity (Wildman–Crippen MR) is 86.2 cm³/mol. The van der Waals surface area contributed by atoms with E-state index in [4.69, 9.17) is 5.73 Å². The smallest absolute Gasteiger partial charge is 0.128 e. The van der Waals surface area contributed by atoms with Crippen LogP contribution in [0.2, 0.25) is 0 Å². The van der Waals surface area contributed by atoms with Gasteiger partial charge in [0.05, 0.1) is 17.6 Å². The van der Waals surface area contributed by atoms with Crippen LogP contribution in [0.5, 0.6) is 0 Å². The molecule has 1 aromatic carbocycles. The molecule has 1 saturated heterocycles. The van der Waals surface area contributed by atoms with Crippen LogP contribution in [0.1, 0.15) is 25.6 Å². The van der Waals surface area contributed by atoms with E-state index in [9.17, 15) is 4.39 Å². The maximum atomic E-state index is 13.2. The number of aryl methyl sites for hydroxylation is 1. The minimum atomic E-state index is -0.237. The fourth-order valence-electron chi connectivity index (χ4n) is 2.77. The lowest BCUT2D eigenvalue weighted by atomic mass is 10.0. The van der Waals surface area contributed by atoms with Crippen LogP contribution in [0.4, 0.5) is 10.1 Å². The number of hydrogen-bond donors (Lipinski definition) is 1. The lowest BCUT2D eigenvalue weighted by Crippen LogP contribution is -2.40. The van der Waals surface area contributed by atoms with Gasteiger partial charge in [0.1, 0.15) is 11.6 Å². The molecule has 4 nitrogen and oxygen atoms in total. The number of hydrogen-bond acceptors (Lipinski definition) is 4. The molecule has 2 N–H and O–H groups in total. The lowest BCUT2D eigenvalue weighted by Gasteiger charge is -2.32. The third-order valence-corrected chi connectivity index (χ3v) is 4.13. The van der Waals surface area contributed by atoms with Crippen molar-refractivity contribution in [2.45, 2.75) is 32.2 Å². The molecule has 2 heterocycles. The Morgan fingerprint density at radius 3 is 2.55 bits per heavy atom. The van der Waals surface area contributed by atoms with Crippen LogP contribution in [0.15, 0.2) is 30.5 Å². The molecule has 0 atom stereocenters. The number of nitrogens with zero attached hydrogens (tertiary/aromatic N) is 3. The Kier molecular flexibility index (Phi) is 4.34. The molecule has 1 aromatic heterocycles. The van der Waals surface area contributed by atoms with Gasteiger partial charge in [-0.25, -0.2) is 14.4 Å². The molecule has 2 aromatic rings. The second kappa shape index (κ2) is 6.40. The number of rotatable bonds is 3. The third kappa shape index (κ3) is 3.09. The number of aromatic nitrogens is 2. The van der Waals surface area contributed by atoms with E-state index in [-0.39, 0.29) is 11.9 Å². The summed E-state index contributed by atoms with van der Waals surface area (Å²) < 4.78 is 13.2. The van der Waals surface area contributed by atoms with Crippen LogP contribution in [0, 0.1) is 5.82 Å². The van der Waals surface area contributed by atoms with Crippen LogP contribution in [0.25, 0.3) is 11.3 Å². The van der Waals surface area contributed by atoms with Gasteiger partial charge in [-0.1, -0.05) is 6.92 Å². The highest BCUT2D eigenvalue weighted by Crippen LogP contribution is 2.30. The second-order valence-electron chi connectivity index (χ2n) is 5.71. The zero-order chi connectivity index (χ0) is 15.5. The molecule has 0 unspecified atom stereocenters. The fraction of sp³-hybridized carbons (Fsp3) is 0.412. The highest BCUT2D eigenvalue weighted by atomic mass is 19.1. The number of anilines is 1. The molecule has 1 aliphatic heterocycles. The maximum Gasteiger partial charge on any atom is 0.128 e. The van der Waals surface area contributed by atoms with E-state index in [1.165, 1.54) is 12.1 Å². The molecule has 116 valence electrons. The summed E-state index contributed by atoms with van der Waals surface area (Å²) in [5.41, 5.74) is 8.79. The summed E-state index contributed by atoms with van der Waals surface area (Å²) in [5, 5.41) is 0. The average Bonchev–Trinajstić information content (AvgIpc) is 2.56. The van der Waals surface area contributed by atoms with Crippen molar-refractivity contribution in [2.75, 3.05) is 18.0 Å². The van der Waals surface area contributed by atoms with Gasteiger partial charge >= 0.3 is 0 Å². The predicted octanol–water partition coefficient (Wildman–Crippen LogP) is 2.77. The number of piperidine rings is 1. The van der Waals surface area contributed by atoms with Crippen LogP contribution in [-0.2, 0) is 6.42 Å². The van der Waals surface area contributed by atoms with Gasteiger partial charge in [0.2, 0.25) is 0 Å². The summed E-state index contributed by atoms with van der Waals surface area (Å²) in [7, 11) is 0. The topological polar surface area (TPSA) is 55.0 Å². The quantitative estimate of drug-likeness (QED) is 0.947. The van der Waals surface area contributed by atoms with Crippen molar-refractivity contribution < 1.29 is 4.39 Å². The molecule has 0 aliphatic carbocycles. The highest BCUT2D eigenvalue weighted by molar-refractivity contribution is 5.74. The van der Waals surface area contributed by atoms with Crippen LogP contribution in [0.3, 0.4) is 0 Å². The molecule has 5 heteroatoms. The summed E-state index contributed by atoms with van der Waals surface area (Å²) in [6.45, 7) is 3.84. The Morgan fingerprint density at radius 1 is 1.23 bits per heavy atom. The molecule has 0 spiro atoms. The van der Waals surface area contributed by atoms with E-state index in [2.05, 4.69) is 14.9 Å². The lowest BCUT2D eigenvalue weighted by molar-refractivity contribution is 0.501. The molecule has 0 amide bonds. The minimum Gasteiger partial charge on any atom is -0.368 e. The van der Waals surface area contributed by atoms with Gasteiger partial charge in [-0.2, -0.15) is 0 Å². The first kappa shape index (κ1) is 14.9. The summed E-state index contributed by atoms with van der Waals surface area (Å²) in [6, 6.07) is 6.77. The number of benzene rings is 1. The molecule has 0 saturated carbocycles.